The van der Waals surface area contributed by atoms with Crippen molar-refractivity contribution in [2.75, 3.05) is 18.9 Å². The van der Waals surface area contributed by atoms with Gasteiger partial charge in [0.2, 0.25) is 5.91 Å². The Morgan fingerprint density at radius 3 is 2.64 bits per heavy atom. The summed E-state index contributed by atoms with van der Waals surface area (Å²) in [6.07, 6.45) is 0. The number of amides is 1. The molecule has 0 spiro atoms. The molecule has 2 aromatic rings. The highest BCUT2D eigenvalue weighted by Crippen LogP contribution is 2.25. The van der Waals surface area contributed by atoms with Gasteiger partial charge in [0.1, 0.15) is 5.82 Å². The molecule has 0 unspecified atom stereocenters. The number of nitrogens with zero attached hydrogens (tertiary/aromatic N) is 2. The summed E-state index contributed by atoms with van der Waals surface area (Å²) in [6, 6.07) is 8.87. The van der Waals surface area contributed by atoms with E-state index >= 15 is 0 Å². The summed E-state index contributed by atoms with van der Waals surface area (Å²) in [5.41, 5.74) is 0.993. The first-order valence-corrected chi connectivity index (χ1v) is 7.82. The van der Waals surface area contributed by atoms with Crippen LogP contribution in [0.4, 0.5) is 15.8 Å². The minimum absolute atomic E-state index is 0.0210. The van der Waals surface area contributed by atoms with Gasteiger partial charge in [0.05, 0.1) is 22.7 Å². The number of nitro benzene ring substituents is 1. The summed E-state index contributed by atoms with van der Waals surface area (Å²) in [4.78, 5) is 24.2. The summed E-state index contributed by atoms with van der Waals surface area (Å²) < 4.78 is 13.8. The third-order valence-electron chi connectivity index (χ3n) is 3.68. The average Bonchev–Trinajstić information content (AvgIpc) is 2.52. The molecule has 1 N–H and O–H groups in total. The lowest BCUT2D eigenvalue weighted by atomic mass is 10.1. The number of rotatable bonds is 6. The molecule has 0 aliphatic rings. The molecule has 2 aromatic carbocycles. The molecule has 0 fully saturated rings. The minimum atomic E-state index is -0.503. The summed E-state index contributed by atoms with van der Waals surface area (Å²) in [6.45, 7) is 1.70. The first-order valence-electron chi connectivity index (χ1n) is 7.45. The van der Waals surface area contributed by atoms with Crippen molar-refractivity contribution in [1.82, 2.24) is 4.90 Å². The van der Waals surface area contributed by atoms with Crippen LogP contribution in [0, 0.1) is 22.9 Å². The highest BCUT2D eigenvalue weighted by atomic mass is 35.5. The monoisotopic (exact) mass is 365 g/mol. The van der Waals surface area contributed by atoms with Crippen LogP contribution in [0.25, 0.3) is 0 Å². The molecule has 8 heteroatoms. The average molecular weight is 366 g/mol. The fraction of sp³-hybridized carbons (Fsp3) is 0.235. The van der Waals surface area contributed by atoms with Crippen LogP contribution in [0.15, 0.2) is 36.4 Å². The van der Waals surface area contributed by atoms with E-state index in [1.54, 1.807) is 31.0 Å². The van der Waals surface area contributed by atoms with Gasteiger partial charge in [-0.25, -0.2) is 4.39 Å². The third kappa shape index (κ3) is 4.74. The number of hydrogen-bond acceptors (Lipinski definition) is 4. The topological polar surface area (TPSA) is 75.5 Å². The molecule has 6 nitrogen and oxygen atoms in total. The van der Waals surface area contributed by atoms with E-state index in [9.17, 15) is 19.3 Å². The van der Waals surface area contributed by atoms with Crippen molar-refractivity contribution in [3.8, 4) is 0 Å². The number of carbonyl (C=O) groups excluding carboxylic acids is 1. The van der Waals surface area contributed by atoms with Gasteiger partial charge in [0.25, 0.3) is 5.69 Å². The number of nitrogens with one attached hydrogen (secondary N) is 1. The first-order chi connectivity index (χ1) is 11.8. The van der Waals surface area contributed by atoms with Crippen LogP contribution in [0.3, 0.4) is 0 Å². The Kier molecular flexibility index (Phi) is 6.06. The Labute approximate surface area is 149 Å². The number of hydrogen-bond donors (Lipinski definition) is 1. The lowest BCUT2D eigenvalue weighted by Gasteiger charge is -2.18. The molecule has 0 saturated carbocycles. The second kappa shape index (κ2) is 8.04. The van der Waals surface area contributed by atoms with E-state index in [1.807, 2.05) is 0 Å². The van der Waals surface area contributed by atoms with E-state index in [4.69, 9.17) is 11.6 Å². The minimum Gasteiger partial charge on any atom is -0.324 e. The van der Waals surface area contributed by atoms with Crippen molar-refractivity contribution in [3.63, 3.8) is 0 Å². The summed E-state index contributed by atoms with van der Waals surface area (Å²) in [7, 11) is 1.66. The van der Waals surface area contributed by atoms with Crippen LogP contribution in [0.5, 0.6) is 0 Å². The van der Waals surface area contributed by atoms with Crippen molar-refractivity contribution in [3.05, 3.63) is 68.5 Å². The first kappa shape index (κ1) is 18.8. The van der Waals surface area contributed by atoms with Crippen LogP contribution >= 0.6 is 11.6 Å². The summed E-state index contributed by atoms with van der Waals surface area (Å²) >= 11 is 5.98. The molecule has 1 amide bonds. The van der Waals surface area contributed by atoms with E-state index in [2.05, 4.69) is 5.32 Å². The van der Waals surface area contributed by atoms with Gasteiger partial charge in [0, 0.05) is 23.2 Å². The zero-order valence-electron chi connectivity index (χ0n) is 13.8. The van der Waals surface area contributed by atoms with Gasteiger partial charge in [0.15, 0.2) is 0 Å². The van der Waals surface area contributed by atoms with E-state index in [-0.39, 0.29) is 24.7 Å². The molecule has 2 rings (SSSR count). The summed E-state index contributed by atoms with van der Waals surface area (Å²) in [5.74, 6) is -0.798. The Hall–Kier alpha value is -2.51. The fourth-order valence-electron chi connectivity index (χ4n) is 2.40. The quantitative estimate of drug-likeness (QED) is 0.624. The Morgan fingerprint density at radius 1 is 1.32 bits per heavy atom. The number of halogens is 2. The molecule has 0 aliphatic carbocycles. The fourth-order valence-corrected chi connectivity index (χ4v) is 2.62. The zero-order valence-corrected chi connectivity index (χ0v) is 14.5. The van der Waals surface area contributed by atoms with Crippen LogP contribution in [-0.2, 0) is 11.3 Å². The highest BCUT2D eigenvalue weighted by molar-refractivity contribution is 6.31. The molecule has 0 aromatic heterocycles. The number of carbonyl (C=O) groups is 1. The van der Waals surface area contributed by atoms with Crippen LogP contribution in [-0.4, -0.2) is 29.3 Å². The molecule has 0 bridgehead atoms. The highest BCUT2D eigenvalue weighted by Gasteiger charge is 2.16. The molecule has 0 saturated heterocycles. The Morgan fingerprint density at radius 2 is 2.00 bits per heavy atom. The van der Waals surface area contributed by atoms with Crippen molar-refractivity contribution in [1.29, 1.82) is 0 Å². The number of nitro groups is 1. The lowest BCUT2D eigenvalue weighted by Crippen LogP contribution is -2.30. The van der Waals surface area contributed by atoms with Gasteiger partial charge in [-0.15, -0.1) is 0 Å². The maximum absolute atomic E-state index is 13.8. The number of anilines is 1. The summed E-state index contributed by atoms with van der Waals surface area (Å²) in [5, 5.41) is 13.9. The molecule has 25 heavy (non-hydrogen) atoms. The van der Waals surface area contributed by atoms with Gasteiger partial charge in [-0.05, 0) is 32.2 Å². The van der Waals surface area contributed by atoms with Gasteiger partial charge >= 0.3 is 0 Å². The van der Waals surface area contributed by atoms with Crippen molar-refractivity contribution in [2.45, 2.75) is 13.5 Å². The molecular formula is C17H17ClFN3O3. The molecule has 132 valence electrons. The number of benzene rings is 2. The molecular weight excluding hydrogens is 349 g/mol. The smallest absolute Gasteiger partial charge is 0.274 e. The largest absolute Gasteiger partial charge is 0.324 e. The molecule has 0 radical (unpaired) electrons. The SMILES string of the molecule is Cc1c(NC(=O)CN(C)Cc2c(F)cccc2Cl)cccc1[N+](=O)[O-]. The molecule has 0 heterocycles. The van der Waals surface area contributed by atoms with Crippen LogP contribution < -0.4 is 5.32 Å². The molecule has 0 aliphatic heterocycles. The van der Waals surface area contributed by atoms with Crippen molar-refractivity contribution < 1.29 is 14.1 Å². The normalized spacial score (nSPS) is 10.8. The second-order valence-corrected chi connectivity index (χ2v) is 6.03. The Balaban J connectivity index is 2.03. The maximum atomic E-state index is 13.8. The van der Waals surface area contributed by atoms with Crippen LogP contribution in [0.1, 0.15) is 11.1 Å². The van der Waals surface area contributed by atoms with Crippen molar-refractivity contribution in [2.24, 2.45) is 0 Å². The van der Waals surface area contributed by atoms with Gasteiger partial charge in [-0.2, -0.15) is 0 Å². The van der Waals surface area contributed by atoms with Gasteiger partial charge in [-0.1, -0.05) is 23.7 Å². The predicted octanol–water partition coefficient (Wildman–Crippen LogP) is 3.77. The lowest BCUT2D eigenvalue weighted by molar-refractivity contribution is -0.385. The Bertz CT molecular complexity index is 793. The van der Waals surface area contributed by atoms with E-state index in [0.717, 1.165) is 0 Å². The maximum Gasteiger partial charge on any atom is 0.274 e. The standard InChI is InChI=1S/C17H17ClFN3O3/c1-11-15(7-4-8-16(11)22(24)25)20-17(23)10-21(2)9-12-13(18)5-3-6-14(12)19/h3-8H,9-10H2,1-2H3,(H,20,23). The predicted molar refractivity (Wildman–Crippen MR) is 94.2 cm³/mol. The van der Waals surface area contributed by atoms with Crippen molar-refractivity contribution >= 4 is 28.9 Å². The van der Waals surface area contributed by atoms with Crippen LogP contribution in [0.2, 0.25) is 5.02 Å². The number of likely N-dealkylation sites (N-methyl/N-ethyl adjacent to an activating group) is 1. The van der Waals surface area contributed by atoms with E-state index in [1.165, 1.54) is 24.3 Å². The van der Waals surface area contributed by atoms with Gasteiger partial charge in [-0.3, -0.25) is 19.8 Å². The van der Waals surface area contributed by atoms with E-state index < -0.39 is 10.7 Å². The van der Waals surface area contributed by atoms with E-state index in [0.29, 0.717) is 21.8 Å². The third-order valence-corrected chi connectivity index (χ3v) is 4.03. The second-order valence-electron chi connectivity index (χ2n) is 5.63. The molecule has 0 atom stereocenters. The zero-order chi connectivity index (χ0) is 18.6. The van der Waals surface area contributed by atoms with Gasteiger partial charge < -0.3 is 5.32 Å².